The van der Waals surface area contributed by atoms with E-state index < -0.39 is 5.97 Å². The number of pyridine rings is 1. The van der Waals surface area contributed by atoms with Gasteiger partial charge in [0.2, 0.25) is 5.91 Å². The van der Waals surface area contributed by atoms with Crippen molar-refractivity contribution in [1.82, 2.24) is 14.9 Å². The van der Waals surface area contributed by atoms with Crippen molar-refractivity contribution in [3.8, 4) is 0 Å². The van der Waals surface area contributed by atoms with E-state index in [1.54, 1.807) is 19.3 Å². The predicted molar refractivity (Wildman–Crippen MR) is 105 cm³/mol. The standard InChI is InChI=1S/C20H26N4O3/c1-5-17(25)24-12-14(8-7-13(24)3)23(4)18-15-9-10-21-19(15)22-11-16(18)20(26)27-6-2/h5,9-11,13-14H,1,6-8,12H2,2-4H3,(H,21,22). The number of aromatic nitrogens is 2. The van der Waals surface area contributed by atoms with Crippen molar-refractivity contribution in [3.05, 3.63) is 36.7 Å². The fourth-order valence-corrected chi connectivity index (χ4v) is 3.74. The van der Waals surface area contributed by atoms with E-state index >= 15 is 0 Å². The molecule has 0 radical (unpaired) electrons. The van der Waals surface area contributed by atoms with Crippen molar-refractivity contribution >= 4 is 28.6 Å². The van der Waals surface area contributed by atoms with Gasteiger partial charge < -0.3 is 19.5 Å². The molecular formula is C20H26N4O3. The lowest BCUT2D eigenvalue weighted by Crippen LogP contribution is -2.52. The van der Waals surface area contributed by atoms with Crippen LogP contribution in [0.15, 0.2) is 31.1 Å². The number of rotatable bonds is 5. The summed E-state index contributed by atoms with van der Waals surface area (Å²) in [6.07, 6.45) is 6.54. The number of carbonyl (C=O) groups is 2. The van der Waals surface area contributed by atoms with Gasteiger partial charge in [0, 0.05) is 43.5 Å². The number of aromatic amines is 1. The molecule has 0 aliphatic carbocycles. The van der Waals surface area contributed by atoms with Gasteiger partial charge in [-0.2, -0.15) is 0 Å². The largest absolute Gasteiger partial charge is 0.462 e. The van der Waals surface area contributed by atoms with Gasteiger partial charge >= 0.3 is 5.97 Å². The lowest BCUT2D eigenvalue weighted by atomic mass is 9.97. The van der Waals surface area contributed by atoms with Crippen molar-refractivity contribution < 1.29 is 14.3 Å². The molecule has 144 valence electrons. The first-order valence-corrected chi connectivity index (χ1v) is 9.27. The topological polar surface area (TPSA) is 78.5 Å². The Labute approximate surface area is 159 Å². The smallest absolute Gasteiger partial charge is 0.341 e. The molecule has 3 rings (SSSR count). The summed E-state index contributed by atoms with van der Waals surface area (Å²) in [5.41, 5.74) is 1.94. The minimum absolute atomic E-state index is 0.0623. The molecule has 1 amide bonds. The average Bonchev–Trinajstić information content (AvgIpc) is 3.15. The Morgan fingerprint density at radius 1 is 1.48 bits per heavy atom. The lowest BCUT2D eigenvalue weighted by molar-refractivity contribution is -0.129. The maximum atomic E-state index is 12.5. The van der Waals surface area contributed by atoms with E-state index in [1.165, 1.54) is 6.08 Å². The maximum Gasteiger partial charge on any atom is 0.341 e. The number of ether oxygens (including phenoxy) is 1. The van der Waals surface area contributed by atoms with Gasteiger partial charge in [-0.3, -0.25) is 4.79 Å². The number of nitrogens with zero attached hydrogens (tertiary/aromatic N) is 3. The van der Waals surface area contributed by atoms with E-state index in [9.17, 15) is 9.59 Å². The Bertz CT molecular complexity index is 860. The van der Waals surface area contributed by atoms with Crippen LogP contribution in [-0.4, -0.2) is 59.0 Å². The minimum Gasteiger partial charge on any atom is -0.462 e. The number of fused-ring (bicyclic) bond motifs is 1. The van der Waals surface area contributed by atoms with Crippen LogP contribution in [0.3, 0.4) is 0 Å². The second-order valence-electron chi connectivity index (χ2n) is 6.87. The highest BCUT2D eigenvalue weighted by molar-refractivity contribution is 6.04. The fraction of sp³-hybridized carbons (Fsp3) is 0.450. The van der Waals surface area contributed by atoms with Crippen LogP contribution < -0.4 is 4.90 Å². The number of likely N-dealkylation sites (N-methyl/N-ethyl adjacent to an activating group) is 1. The molecule has 1 aliphatic rings. The van der Waals surface area contributed by atoms with E-state index in [-0.39, 0.29) is 18.0 Å². The van der Waals surface area contributed by atoms with E-state index in [4.69, 9.17) is 4.74 Å². The molecule has 0 saturated carbocycles. The highest BCUT2D eigenvalue weighted by Gasteiger charge is 2.32. The van der Waals surface area contributed by atoms with E-state index in [1.807, 2.05) is 18.0 Å². The molecule has 1 saturated heterocycles. The number of carbonyl (C=O) groups excluding carboxylic acids is 2. The highest BCUT2D eigenvalue weighted by atomic mass is 16.5. The number of piperidine rings is 1. The van der Waals surface area contributed by atoms with E-state index in [0.29, 0.717) is 24.4 Å². The van der Waals surface area contributed by atoms with Gasteiger partial charge in [-0.25, -0.2) is 9.78 Å². The van der Waals surface area contributed by atoms with Crippen molar-refractivity contribution in [1.29, 1.82) is 0 Å². The summed E-state index contributed by atoms with van der Waals surface area (Å²) < 4.78 is 5.23. The monoisotopic (exact) mass is 370 g/mol. The molecule has 0 aromatic carbocycles. The molecular weight excluding hydrogens is 344 g/mol. The third-order valence-electron chi connectivity index (χ3n) is 5.27. The highest BCUT2D eigenvalue weighted by Crippen LogP contribution is 2.33. The van der Waals surface area contributed by atoms with Gasteiger partial charge in [0.25, 0.3) is 0 Å². The van der Waals surface area contributed by atoms with Crippen LogP contribution in [0.25, 0.3) is 11.0 Å². The van der Waals surface area contributed by atoms with E-state index in [0.717, 1.165) is 23.9 Å². The maximum absolute atomic E-state index is 12.5. The van der Waals surface area contributed by atoms with Crippen LogP contribution in [0.1, 0.15) is 37.0 Å². The summed E-state index contributed by atoms with van der Waals surface area (Å²) in [5, 5.41) is 0.864. The van der Waals surface area contributed by atoms with Crippen molar-refractivity contribution in [3.63, 3.8) is 0 Å². The predicted octanol–water partition coefficient (Wildman–Crippen LogP) is 2.74. The molecule has 7 heteroatoms. The van der Waals surface area contributed by atoms with Crippen LogP contribution in [0.2, 0.25) is 0 Å². The summed E-state index contributed by atoms with van der Waals surface area (Å²) in [6, 6.07) is 2.17. The zero-order valence-electron chi connectivity index (χ0n) is 16.1. The molecule has 2 unspecified atom stereocenters. The van der Waals surface area contributed by atoms with Crippen LogP contribution in [0.4, 0.5) is 5.69 Å². The molecule has 1 N–H and O–H groups in total. The van der Waals surface area contributed by atoms with Crippen LogP contribution in [-0.2, 0) is 9.53 Å². The molecule has 0 spiro atoms. The fourth-order valence-electron chi connectivity index (χ4n) is 3.74. The van der Waals surface area contributed by atoms with Crippen molar-refractivity contribution in [2.24, 2.45) is 0 Å². The Morgan fingerprint density at radius 3 is 2.96 bits per heavy atom. The zero-order chi connectivity index (χ0) is 19.6. The molecule has 27 heavy (non-hydrogen) atoms. The first kappa shape index (κ1) is 18.9. The first-order chi connectivity index (χ1) is 13.0. The second kappa shape index (κ2) is 7.82. The van der Waals surface area contributed by atoms with E-state index in [2.05, 4.69) is 28.4 Å². The Balaban J connectivity index is 1.99. The summed E-state index contributed by atoms with van der Waals surface area (Å²) in [5.74, 6) is -0.453. The Kier molecular flexibility index (Phi) is 5.48. The number of H-pyrrole nitrogens is 1. The van der Waals surface area contributed by atoms with Crippen LogP contribution >= 0.6 is 0 Å². The molecule has 1 fully saturated rings. The SMILES string of the molecule is C=CC(=O)N1CC(N(C)c2c(C(=O)OCC)cnc3[nH]ccc23)CCC1C. The van der Waals surface area contributed by atoms with Gasteiger partial charge in [0.1, 0.15) is 11.2 Å². The summed E-state index contributed by atoms with van der Waals surface area (Å²) in [7, 11) is 1.96. The first-order valence-electron chi connectivity index (χ1n) is 9.27. The molecule has 2 atom stereocenters. The van der Waals surface area contributed by atoms with Crippen molar-refractivity contribution in [2.45, 2.75) is 38.8 Å². The second-order valence-corrected chi connectivity index (χ2v) is 6.87. The van der Waals surface area contributed by atoms with Gasteiger partial charge in [0.15, 0.2) is 0 Å². The van der Waals surface area contributed by atoms with Crippen LogP contribution in [0, 0.1) is 0 Å². The normalized spacial score (nSPS) is 19.7. The number of hydrogen-bond acceptors (Lipinski definition) is 5. The van der Waals surface area contributed by atoms with Gasteiger partial charge in [-0.05, 0) is 38.8 Å². The van der Waals surface area contributed by atoms with Crippen LogP contribution in [0.5, 0.6) is 0 Å². The Hall–Kier alpha value is -2.83. The number of anilines is 1. The summed E-state index contributed by atoms with van der Waals surface area (Å²) >= 11 is 0. The molecule has 3 heterocycles. The minimum atomic E-state index is -0.391. The number of amides is 1. The summed E-state index contributed by atoms with van der Waals surface area (Å²) in [4.78, 5) is 36.1. The molecule has 2 aromatic heterocycles. The number of esters is 1. The zero-order valence-corrected chi connectivity index (χ0v) is 16.1. The molecule has 1 aliphatic heterocycles. The summed E-state index contributed by atoms with van der Waals surface area (Å²) in [6.45, 7) is 8.33. The number of likely N-dealkylation sites (tertiary alicyclic amines) is 1. The average molecular weight is 370 g/mol. The third-order valence-corrected chi connectivity index (χ3v) is 5.27. The number of hydrogen-bond donors (Lipinski definition) is 1. The molecule has 2 aromatic rings. The van der Waals surface area contributed by atoms with Gasteiger partial charge in [-0.15, -0.1) is 0 Å². The third kappa shape index (κ3) is 3.54. The quantitative estimate of drug-likeness (QED) is 0.647. The van der Waals surface area contributed by atoms with Crippen molar-refractivity contribution in [2.75, 3.05) is 25.1 Å². The Morgan fingerprint density at radius 2 is 2.26 bits per heavy atom. The molecule has 0 bridgehead atoms. The lowest BCUT2D eigenvalue weighted by Gasteiger charge is -2.42. The van der Waals surface area contributed by atoms with Gasteiger partial charge in [0.05, 0.1) is 12.3 Å². The number of nitrogens with one attached hydrogen (secondary N) is 1. The van der Waals surface area contributed by atoms with Gasteiger partial charge in [-0.1, -0.05) is 6.58 Å². The molecule has 7 nitrogen and oxygen atoms in total.